The topological polar surface area (TPSA) is 75.1 Å². The number of allylic oxidation sites excluding steroid dienone is 1. The number of nitrogens with one attached hydrogen (secondary N) is 1. The molecule has 3 rings (SSSR count). The molecule has 122 valence electrons. The third kappa shape index (κ3) is 3.34. The molecule has 6 heteroatoms. The fraction of sp³-hybridized carbons (Fsp3) is 0.167. The van der Waals surface area contributed by atoms with E-state index in [2.05, 4.69) is 15.3 Å². The number of nitrogens with zero attached hydrogens (tertiary/aromatic N) is 2. The minimum Gasteiger partial charge on any atom is -0.389 e. The summed E-state index contributed by atoms with van der Waals surface area (Å²) >= 11 is 1.34. The summed E-state index contributed by atoms with van der Waals surface area (Å²) in [5.74, 6) is -0.182. The van der Waals surface area contributed by atoms with Crippen LogP contribution >= 0.6 is 11.3 Å². The fourth-order valence-corrected chi connectivity index (χ4v) is 3.19. The first-order chi connectivity index (χ1) is 11.6. The van der Waals surface area contributed by atoms with Gasteiger partial charge in [-0.1, -0.05) is 35.6 Å². The standard InChI is InChI=1S/C18H17N3O2S/c1-3-4-12-5-6-14(11(2)7-12)17(23)20-13-8-15-18(19-9-13)24-16(10-22)21-15/h3-9,22H,10H2,1-2H3,(H,20,23)/b4-3+. The highest BCUT2D eigenvalue weighted by Gasteiger charge is 2.11. The highest BCUT2D eigenvalue weighted by atomic mass is 32.1. The molecule has 2 N–H and O–H groups in total. The average Bonchev–Trinajstić information content (AvgIpc) is 2.97. The number of aromatic nitrogens is 2. The van der Waals surface area contributed by atoms with Crippen LogP contribution in [-0.2, 0) is 6.61 Å². The Bertz CT molecular complexity index is 931. The van der Waals surface area contributed by atoms with Crippen LogP contribution in [0.2, 0.25) is 0 Å². The Morgan fingerprint density at radius 1 is 1.38 bits per heavy atom. The van der Waals surface area contributed by atoms with Gasteiger partial charge in [-0.05, 0) is 37.1 Å². The Morgan fingerprint density at radius 2 is 2.21 bits per heavy atom. The molecule has 0 spiro atoms. The molecule has 0 radical (unpaired) electrons. The SMILES string of the molecule is C/C=C/c1ccc(C(=O)Nc2cnc3sc(CO)nc3c2)c(C)c1. The smallest absolute Gasteiger partial charge is 0.255 e. The number of fused-ring (bicyclic) bond motifs is 1. The van der Waals surface area contributed by atoms with Crippen LogP contribution in [0.3, 0.4) is 0 Å². The van der Waals surface area contributed by atoms with Crippen molar-refractivity contribution in [3.05, 3.63) is 58.2 Å². The van der Waals surface area contributed by atoms with E-state index in [-0.39, 0.29) is 12.5 Å². The molecule has 1 aromatic carbocycles. The van der Waals surface area contributed by atoms with Gasteiger partial charge >= 0.3 is 0 Å². The maximum atomic E-state index is 12.5. The van der Waals surface area contributed by atoms with E-state index >= 15 is 0 Å². The van der Waals surface area contributed by atoms with Crippen LogP contribution in [0, 0.1) is 6.92 Å². The highest BCUT2D eigenvalue weighted by molar-refractivity contribution is 7.18. The molecular formula is C18H17N3O2S. The van der Waals surface area contributed by atoms with Crippen LogP contribution in [0.4, 0.5) is 5.69 Å². The van der Waals surface area contributed by atoms with Gasteiger partial charge in [-0.3, -0.25) is 4.79 Å². The molecule has 0 atom stereocenters. The van der Waals surface area contributed by atoms with Crippen LogP contribution in [0.5, 0.6) is 0 Å². The van der Waals surface area contributed by atoms with Crippen molar-refractivity contribution in [2.45, 2.75) is 20.5 Å². The number of hydrogen-bond acceptors (Lipinski definition) is 5. The lowest BCUT2D eigenvalue weighted by Crippen LogP contribution is -2.13. The average molecular weight is 339 g/mol. The molecule has 0 aliphatic heterocycles. The van der Waals surface area contributed by atoms with E-state index in [0.29, 0.717) is 21.8 Å². The molecule has 5 nitrogen and oxygen atoms in total. The number of carbonyl (C=O) groups is 1. The molecule has 2 aromatic heterocycles. The van der Waals surface area contributed by atoms with Crippen molar-refractivity contribution >= 4 is 39.4 Å². The number of pyridine rings is 1. The first-order valence-electron chi connectivity index (χ1n) is 7.51. The van der Waals surface area contributed by atoms with Crippen molar-refractivity contribution in [2.24, 2.45) is 0 Å². The summed E-state index contributed by atoms with van der Waals surface area (Å²) in [5, 5.41) is 12.6. The Balaban J connectivity index is 1.84. The van der Waals surface area contributed by atoms with E-state index in [4.69, 9.17) is 5.11 Å². The molecule has 0 bridgehead atoms. The largest absolute Gasteiger partial charge is 0.389 e. The van der Waals surface area contributed by atoms with Crippen LogP contribution in [0.1, 0.15) is 33.4 Å². The molecule has 0 unspecified atom stereocenters. The molecule has 0 saturated heterocycles. The van der Waals surface area contributed by atoms with Gasteiger partial charge < -0.3 is 10.4 Å². The molecule has 1 amide bonds. The lowest BCUT2D eigenvalue weighted by molar-refractivity contribution is 0.102. The number of amides is 1. The fourth-order valence-electron chi connectivity index (χ4n) is 2.44. The van der Waals surface area contributed by atoms with Gasteiger partial charge in [0.15, 0.2) is 0 Å². The van der Waals surface area contributed by atoms with E-state index < -0.39 is 0 Å². The zero-order valence-corrected chi connectivity index (χ0v) is 14.2. The van der Waals surface area contributed by atoms with E-state index in [1.807, 2.05) is 44.2 Å². The third-order valence-electron chi connectivity index (χ3n) is 3.54. The molecular weight excluding hydrogens is 322 g/mol. The molecule has 24 heavy (non-hydrogen) atoms. The Kier molecular flexibility index (Phi) is 4.69. The van der Waals surface area contributed by atoms with Crippen LogP contribution in [0.25, 0.3) is 16.4 Å². The second kappa shape index (κ2) is 6.90. The Hall–Kier alpha value is -2.57. The number of anilines is 1. The van der Waals surface area contributed by atoms with Crippen LogP contribution in [-0.4, -0.2) is 21.0 Å². The number of rotatable bonds is 4. The van der Waals surface area contributed by atoms with Gasteiger partial charge in [0.1, 0.15) is 15.4 Å². The van der Waals surface area contributed by atoms with Gasteiger partial charge in [-0.15, -0.1) is 0 Å². The van der Waals surface area contributed by atoms with Crippen molar-refractivity contribution in [3.8, 4) is 0 Å². The summed E-state index contributed by atoms with van der Waals surface area (Å²) in [6.07, 6.45) is 5.56. The molecule has 0 aliphatic carbocycles. The van der Waals surface area contributed by atoms with Crippen molar-refractivity contribution in [3.63, 3.8) is 0 Å². The van der Waals surface area contributed by atoms with E-state index in [1.54, 1.807) is 12.3 Å². The summed E-state index contributed by atoms with van der Waals surface area (Å²) in [6.45, 7) is 3.76. The Morgan fingerprint density at radius 3 is 2.92 bits per heavy atom. The number of aliphatic hydroxyl groups excluding tert-OH is 1. The third-order valence-corrected chi connectivity index (χ3v) is 4.50. The predicted molar refractivity (Wildman–Crippen MR) is 97.2 cm³/mol. The van der Waals surface area contributed by atoms with Gasteiger partial charge in [0.05, 0.1) is 18.5 Å². The number of benzene rings is 1. The molecule has 3 aromatic rings. The van der Waals surface area contributed by atoms with Gasteiger partial charge in [-0.25, -0.2) is 9.97 Å². The highest BCUT2D eigenvalue weighted by Crippen LogP contribution is 2.23. The first-order valence-corrected chi connectivity index (χ1v) is 8.33. The minimum atomic E-state index is -0.182. The normalized spacial score (nSPS) is 11.3. The van der Waals surface area contributed by atoms with E-state index in [1.165, 1.54) is 11.3 Å². The number of aliphatic hydroxyl groups is 1. The van der Waals surface area contributed by atoms with Crippen molar-refractivity contribution in [1.29, 1.82) is 0 Å². The predicted octanol–water partition coefficient (Wildman–Crippen LogP) is 3.78. The number of hydrogen-bond donors (Lipinski definition) is 2. The summed E-state index contributed by atoms with van der Waals surface area (Å²) in [4.78, 5) is 21.8. The summed E-state index contributed by atoms with van der Waals surface area (Å²) < 4.78 is 0. The van der Waals surface area contributed by atoms with Gasteiger partial charge in [-0.2, -0.15) is 0 Å². The second-order valence-corrected chi connectivity index (χ2v) is 6.40. The lowest BCUT2D eigenvalue weighted by atomic mass is 10.0. The molecule has 2 heterocycles. The molecule has 0 saturated carbocycles. The summed E-state index contributed by atoms with van der Waals surface area (Å²) in [5.41, 5.74) is 3.85. The van der Waals surface area contributed by atoms with Crippen LogP contribution < -0.4 is 5.32 Å². The van der Waals surface area contributed by atoms with Crippen molar-refractivity contribution < 1.29 is 9.90 Å². The maximum absolute atomic E-state index is 12.5. The minimum absolute atomic E-state index is 0.111. The summed E-state index contributed by atoms with van der Waals surface area (Å²) in [6, 6.07) is 7.47. The first kappa shape index (κ1) is 16.3. The van der Waals surface area contributed by atoms with Crippen molar-refractivity contribution in [2.75, 3.05) is 5.32 Å². The Labute approximate surface area is 143 Å². The zero-order chi connectivity index (χ0) is 17.1. The lowest BCUT2D eigenvalue weighted by Gasteiger charge is -2.08. The monoisotopic (exact) mass is 339 g/mol. The summed E-state index contributed by atoms with van der Waals surface area (Å²) in [7, 11) is 0. The maximum Gasteiger partial charge on any atom is 0.255 e. The number of carbonyl (C=O) groups excluding carboxylic acids is 1. The number of thiazole rings is 1. The van der Waals surface area contributed by atoms with E-state index in [0.717, 1.165) is 16.0 Å². The van der Waals surface area contributed by atoms with Gasteiger partial charge in [0.25, 0.3) is 5.91 Å². The van der Waals surface area contributed by atoms with Crippen molar-refractivity contribution in [1.82, 2.24) is 9.97 Å². The van der Waals surface area contributed by atoms with Crippen LogP contribution in [0.15, 0.2) is 36.5 Å². The van der Waals surface area contributed by atoms with Gasteiger partial charge in [0, 0.05) is 5.56 Å². The molecule has 0 aliphatic rings. The zero-order valence-electron chi connectivity index (χ0n) is 13.4. The second-order valence-electron chi connectivity index (χ2n) is 5.34. The number of aryl methyl sites for hydroxylation is 1. The van der Waals surface area contributed by atoms with E-state index in [9.17, 15) is 4.79 Å². The van der Waals surface area contributed by atoms with Gasteiger partial charge in [0.2, 0.25) is 0 Å². The molecule has 0 fully saturated rings. The quantitative estimate of drug-likeness (QED) is 0.758.